The first-order valence-corrected chi connectivity index (χ1v) is 5.01. The zero-order valence-corrected chi connectivity index (χ0v) is 9.03. The highest BCUT2D eigenvalue weighted by atomic mass is 16.5. The zero-order valence-electron chi connectivity index (χ0n) is 9.03. The first-order valence-electron chi connectivity index (χ1n) is 5.01. The van der Waals surface area contributed by atoms with Crippen LogP contribution in [-0.2, 0) is 0 Å². The van der Waals surface area contributed by atoms with Crippen LogP contribution in [0.5, 0.6) is 11.5 Å². The smallest absolute Gasteiger partial charge is 0.161 e. The number of nitrogens with zero attached hydrogens (tertiary/aromatic N) is 1. The summed E-state index contributed by atoms with van der Waals surface area (Å²) in [4.78, 5) is 0. The van der Waals surface area contributed by atoms with Crippen LogP contribution in [0.2, 0.25) is 0 Å². The van der Waals surface area contributed by atoms with E-state index in [2.05, 4.69) is 6.07 Å². The second kappa shape index (κ2) is 5.26. The summed E-state index contributed by atoms with van der Waals surface area (Å²) in [6.45, 7) is 4.36. The molecule has 15 heavy (non-hydrogen) atoms. The number of rotatable bonds is 4. The molecule has 0 aliphatic carbocycles. The predicted octanol–water partition coefficient (Wildman–Crippen LogP) is 2.81. The van der Waals surface area contributed by atoms with Gasteiger partial charge in [-0.3, -0.25) is 0 Å². The van der Waals surface area contributed by atoms with Crippen LogP contribution in [0.25, 0.3) is 0 Å². The van der Waals surface area contributed by atoms with E-state index in [-0.39, 0.29) is 11.7 Å². The number of benzene rings is 1. The fourth-order valence-corrected chi connectivity index (χ4v) is 1.36. The Hall–Kier alpha value is -1.69. The molecule has 0 fully saturated rings. The Morgan fingerprint density at radius 3 is 2.87 bits per heavy atom. The van der Waals surface area contributed by atoms with Crippen molar-refractivity contribution in [3.8, 4) is 17.6 Å². The van der Waals surface area contributed by atoms with Gasteiger partial charge in [-0.05, 0) is 30.5 Å². The molecule has 3 nitrogen and oxygen atoms in total. The first-order chi connectivity index (χ1) is 7.19. The van der Waals surface area contributed by atoms with E-state index < -0.39 is 0 Å². The van der Waals surface area contributed by atoms with Crippen LogP contribution in [-0.4, -0.2) is 11.7 Å². The molecule has 0 aromatic heterocycles. The molecule has 0 heterocycles. The fourth-order valence-electron chi connectivity index (χ4n) is 1.36. The molecule has 1 aromatic carbocycles. The van der Waals surface area contributed by atoms with E-state index in [4.69, 9.17) is 10.00 Å². The minimum absolute atomic E-state index is 0.143. The van der Waals surface area contributed by atoms with E-state index in [1.807, 2.05) is 19.9 Å². The lowest BCUT2D eigenvalue weighted by Crippen LogP contribution is -1.96. The molecule has 0 saturated carbocycles. The Morgan fingerprint density at radius 2 is 2.27 bits per heavy atom. The number of nitriles is 1. The van der Waals surface area contributed by atoms with Crippen molar-refractivity contribution in [2.45, 2.75) is 26.2 Å². The highest BCUT2D eigenvalue weighted by Crippen LogP contribution is 2.30. The number of hydrogen-bond donors (Lipinski definition) is 1. The van der Waals surface area contributed by atoms with Gasteiger partial charge in [0.2, 0.25) is 0 Å². The molecule has 1 atom stereocenters. The van der Waals surface area contributed by atoms with E-state index in [9.17, 15) is 5.11 Å². The first kappa shape index (κ1) is 11.4. The maximum absolute atomic E-state index is 9.49. The molecule has 0 aliphatic heterocycles. The largest absolute Gasteiger partial charge is 0.504 e. The molecule has 1 unspecified atom stereocenters. The lowest BCUT2D eigenvalue weighted by atomic mass is 9.98. The molecule has 0 amide bonds. The molecule has 0 spiro atoms. The SMILES string of the molecule is CCOc1cc(C(C)CC#N)ccc1O. The molecule has 1 N–H and O–H groups in total. The van der Waals surface area contributed by atoms with Crippen molar-refractivity contribution in [3.05, 3.63) is 23.8 Å². The fraction of sp³-hybridized carbons (Fsp3) is 0.417. The molecule has 0 aliphatic rings. The second-order valence-electron chi connectivity index (χ2n) is 3.42. The molecular formula is C12H15NO2. The predicted molar refractivity (Wildman–Crippen MR) is 57.9 cm³/mol. The van der Waals surface area contributed by atoms with E-state index in [1.165, 1.54) is 0 Å². The Balaban J connectivity index is 2.92. The van der Waals surface area contributed by atoms with Crippen molar-refractivity contribution < 1.29 is 9.84 Å². The average Bonchev–Trinajstić information content (AvgIpc) is 2.22. The van der Waals surface area contributed by atoms with Crippen molar-refractivity contribution in [3.63, 3.8) is 0 Å². The third kappa shape index (κ3) is 2.88. The highest BCUT2D eigenvalue weighted by molar-refractivity contribution is 5.42. The van der Waals surface area contributed by atoms with Crippen molar-refractivity contribution in [2.24, 2.45) is 0 Å². The van der Waals surface area contributed by atoms with Gasteiger partial charge in [-0.25, -0.2) is 0 Å². The maximum atomic E-state index is 9.49. The third-order valence-corrected chi connectivity index (χ3v) is 2.25. The zero-order chi connectivity index (χ0) is 11.3. The number of phenols is 1. The van der Waals surface area contributed by atoms with E-state index in [0.717, 1.165) is 5.56 Å². The van der Waals surface area contributed by atoms with Gasteiger partial charge in [0.15, 0.2) is 11.5 Å². The summed E-state index contributed by atoms with van der Waals surface area (Å²) < 4.78 is 5.27. The van der Waals surface area contributed by atoms with Crippen LogP contribution in [0, 0.1) is 11.3 Å². The molecule has 0 saturated heterocycles. The second-order valence-corrected chi connectivity index (χ2v) is 3.42. The Labute approximate surface area is 89.9 Å². The van der Waals surface area contributed by atoms with Crippen LogP contribution in [0.15, 0.2) is 18.2 Å². The van der Waals surface area contributed by atoms with Gasteiger partial charge >= 0.3 is 0 Å². The van der Waals surface area contributed by atoms with Crippen LogP contribution >= 0.6 is 0 Å². The standard InChI is InChI=1S/C12H15NO2/c1-3-15-12-8-10(4-5-11(12)14)9(2)6-7-13/h4-5,8-9,14H,3,6H2,1-2H3. The molecular weight excluding hydrogens is 190 g/mol. The summed E-state index contributed by atoms with van der Waals surface area (Å²) in [6, 6.07) is 7.35. The topological polar surface area (TPSA) is 53.2 Å². The van der Waals surface area contributed by atoms with Gasteiger partial charge < -0.3 is 9.84 Å². The summed E-state index contributed by atoms with van der Waals surface area (Å²) in [5.41, 5.74) is 1.01. The van der Waals surface area contributed by atoms with E-state index >= 15 is 0 Å². The number of hydrogen-bond acceptors (Lipinski definition) is 3. The Kier molecular flexibility index (Phi) is 3.99. The normalized spacial score (nSPS) is 11.8. The van der Waals surface area contributed by atoms with Crippen LogP contribution in [0.1, 0.15) is 31.7 Å². The summed E-state index contributed by atoms with van der Waals surface area (Å²) in [5.74, 6) is 0.791. The number of aromatic hydroxyl groups is 1. The van der Waals surface area contributed by atoms with Gasteiger partial charge in [-0.1, -0.05) is 13.0 Å². The van der Waals surface area contributed by atoms with Crippen LogP contribution < -0.4 is 4.74 Å². The maximum Gasteiger partial charge on any atom is 0.161 e. The highest BCUT2D eigenvalue weighted by Gasteiger charge is 2.09. The Bertz CT molecular complexity index is 368. The number of ether oxygens (including phenoxy) is 1. The van der Waals surface area contributed by atoms with Crippen molar-refractivity contribution in [1.29, 1.82) is 5.26 Å². The summed E-state index contributed by atoms with van der Waals surface area (Å²) in [5, 5.41) is 18.1. The van der Waals surface area contributed by atoms with E-state index in [0.29, 0.717) is 18.8 Å². The van der Waals surface area contributed by atoms with Crippen molar-refractivity contribution in [2.75, 3.05) is 6.61 Å². The lowest BCUT2D eigenvalue weighted by Gasteiger charge is -2.11. The molecule has 0 radical (unpaired) electrons. The van der Waals surface area contributed by atoms with Crippen molar-refractivity contribution >= 4 is 0 Å². The van der Waals surface area contributed by atoms with Crippen molar-refractivity contribution in [1.82, 2.24) is 0 Å². The van der Waals surface area contributed by atoms with E-state index in [1.54, 1.807) is 12.1 Å². The summed E-state index contributed by atoms with van der Waals surface area (Å²) in [7, 11) is 0. The van der Waals surface area contributed by atoms with Gasteiger partial charge in [0.05, 0.1) is 12.7 Å². The summed E-state index contributed by atoms with van der Waals surface area (Å²) in [6.07, 6.45) is 0.469. The monoisotopic (exact) mass is 205 g/mol. The van der Waals surface area contributed by atoms with Gasteiger partial charge in [0.25, 0.3) is 0 Å². The molecule has 1 aromatic rings. The van der Waals surface area contributed by atoms with Crippen LogP contribution in [0.3, 0.4) is 0 Å². The number of phenolic OH excluding ortho intramolecular Hbond substituents is 1. The van der Waals surface area contributed by atoms with Crippen LogP contribution in [0.4, 0.5) is 0 Å². The third-order valence-electron chi connectivity index (χ3n) is 2.25. The molecule has 80 valence electrons. The van der Waals surface area contributed by atoms with Gasteiger partial charge in [-0.2, -0.15) is 5.26 Å². The van der Waals surface area contributed by atoms with Gasteiger partial charge in [-0.15, -0.1) is 0 Å². The van der Waals surface area contributed by atoms with Gasteiger partial charge in [0, 0.05) is 6.42 Å². The minimum Gasteiger partial charge on any atom is -0.504 e. The lowest BCUT2D eigenvalue weighted by molar-refractivity contribution is 0.317. The minimum atomic E-state index is 0.143. The molecule has 1 rings (SSSR count). The van der Waals surface area contributed by atoms with Gasteiger partial charge in [0.1, 0.15) is 0 Å². The quantitative estimate of drug-likeness (QED) is 0.822. The average molecular weight is 205 g/mol. The molecule has 3 heteroatoms. The molecule has 0 bridgehead atoms. The summed E-state index contributed by atoms with van der Waals surface area (Å²) >= 11 is 0. The Morgan fingerprint density at radius 1 is 1.53 bits per heavy atom.